The minimum atomic E-state index is 0.0810. The summed E-state index contributed by atoms with van der Waals surface area (Å²) in [5.41, 5.74) is 1.09. The molecule has 2 N–H and O–H groups in total. The number of hydrogen-bond acceptors (Lipinski definition) is 1. The molecule has 1 atom stereocenters. The van der Waals surface area contributed by atoms with Gasteiger partial charge in [0.05, 0.1) is 13.3 Å². The second kappa shape index (κ2) is 3.49. The summed E-state index contributed by atoms with van der Waals surface area (Å²) in [5.74, 6) is 0.0989. The molecule has 2 radical (unpaired) electrons. The van der Waals surface area contributed by atoms with E-state index >= 15 is 0 Å². The van der Waals surface area contributed by atoms with Gasteiger partial charge >= 0.3 is 5.91 Å². The summed E-state index contributed by atoms with van der Waals surface area (Å²) in [6, 6.07) is 0.0810. The van der Waals surface area contributed by atoms with E-state index in [4.69, 9.17) is 0 Å². The highest BCUT2D eigenvalue weighted by Crippen LogP contribution is 2.06. The van der Waals surface area contributed by atoms with Crippen molar-refractivity contribution in [3.05, 3.63) is 30.2 Å². The van der Waals surface area contributed by atoms with Gasteiger partial charge in [0.15, 0.2) is 0 Å². The van der Waals surface area contributed by atoms with Gasteiger partial charge in [0.1, 0.15) is 6.04 Å². The Bertz CT molecular complexity index is 214. The van der Waals surface area contributed by atoms with Crippen LogP contribution in [0, 0.1) is 6.42 Å². The lowest BCUT2D eigenvalue weighted by Crippen LogP contribution is -2.92. The molecule has 0 aromatic carbocycles. The molecule has 0 saturated carbocycles. The predicted octanol–water partition coefficient (Wildman–Crippen LogP) is 0.0623. The van der Waals surface area contributed by atoms with Gasteiger partial charge in [-0.3, -0.25) is 5.32 Å². The summed E-state index contributed by atoms with van der Waals surface area (Å²) < 4.78 is 0. The number of rotatable bonds is 1. The van der Waals surface area contributed by atoms with E-state index in [-0.39, 0.29) is 11.9 Å². The molecular weight excluding hydrogens is 138 g/mol. The van der Waals surface area contributed by atoms with Crippen LogP contribution < -0.4 is 5.32 Å². The summed E-state index contributed by atoms with van der Waals surface area (Å²) in [4.78, 5) is 10.7. The van der Waals surface area contributed by atoms with Crippen LogP contribution in [-0.4, -0.2) is 11.9 Å². The van der Waals surface area contributed by atoms with Crippen LogP contribution in [0.1, 0.15) is 13.8 Å². The molecule has 2 nitrogen and oxygen atoms in total. The maximum atomic E-state index is 10.7. The zero-order chi connectivity index (χ0) is 8.27. The Balaban J connectivity index is 2.46. The third-order valence-electron chi connectivity index (χ3n) is 1.47. The van der Waals surface area contributed by atoms with Crippen molar-refractivity contribution in [1.29, 1.82) is 0 Å². The van der Waals surface area contributed by atoms with Crippen LogP contribution >= 0.6 is 0 Å². The van der Waals surface area contributed by atoms with Crippen LogP contribution in [0.5, 0.6) is 0 Å². The molecule has 1 unspecified atom stereocenters. The Morgan fingerprint density at radius 3 is 3.00 bits per heavy atom. The summed E-state index contributed by atoms with van der Waals surface area (Å²) in [6.07, 6.45) is 9.03. The van der Waals surface area contributed by atoms with Crippen LogP contribution in [-0.2, 0) is 4.79 Å². The number of primary amides is 1. The minimum Gasteiger partial charge on any atom is -0.277 e. The van der Waals surface area contributed by atoms with Crippen molar-refractivity contribution < 1.29 is 10.1 Å². The largest absolute Gasteiger partial charge is 0.307 e. The van der Waals surface area contributed by atoms with Crippen molar-refractivity contribution in [3.8, 4) is 0 Å². The first-order chi connectivity index (χ1) is 5.18. The molecule has 0 aliphatic heterocycles. The van der Waals surface area contributed by atoms with E-state index in [1.54, 1.807) is 12.2 Å². The van der Waals surface area contributed by atoms with Gasteiger partial charge in [-0.1, -0.05) is 17.7 Å². The first-order valence-corrected chi connectivity index (χ1v) is 3.65. The lowest BCUT2D eigenvalue weighted by atomic mass is 10.0. The average Bonchev–Trinajstić information content (AvgIpc) is 1.85. The predicted molar refractivity (Wildman–Crippen MR) is 42.5 cm³/mol. The average molecular weight is 150 g/mol. The Hall–Kier alpha value is -0.890. The molecule has 1 rings (SSSR count). The second-order valence-corrected chi connectivity index (χ2v) is 2.68. The van der Waals surface area contributed by atoms with Crippen molar-refractivity contribution in [2.75, 3.05) is 0 Å². The smallest absolute Gasteiger partial charge is 0.277 e. The highest BCUT2D eigenvalue weighted by molar-refractivity contribution is 5.62. The molecule has 0 heterocycles. The van der Waals surface area contributed by atoms with Crippen molar-refractivity contribution >= 4 is 5.91 Å². The number of allylic oxidation sites excluding steroid dienone is 2. The summed E-state index contributed by atoms with van der Waals surface area (Å²) in [7, 11) is 0. The lowest BCUT2D eigenvalue weighted by Gasteiger charge is -2.10. The van der Waals surface area contributed by atoms with E-state index in [9.17, 15) is 4.79 Å². The maximum Gasteiger partial charge on any atom is 0.307 e. The molecule has 1 aliphatic carbocycles. The number of quaternary nitrogens is 1. The van der Waals surface area contributed by atoms with Gasteiger partial charge in [0, 0.05) is 0 Å². The standard InChI is InChI=1S/C9H11NO/c1-7-4-3-5-9(6-7)10-8(2)11/h3-5,9H,1-2H3,(H,10,11)/p+1. The van der Waals surface area contributed by atoms with E-state index in [2.05, 4.69) is 6.42 Å². The molecule has 11 heavy (non-hydrogen) atoms. The summed E-state index contributed by atoms with van der Waals surface area (Å²) >= 11 is 0. The zero-order valence-corrected chi connectivity index (χ0v) is 6.79. The minimum absolute atomic E-state index is 0.0810. The molecular formula is C9H12NO+. The maximum absolute atomic E-state index is 10.7. The monoisotopic (exact) mass is 150 g/mol. The lowest BCUT2D eigenvalue weighted by molar-refractivity contribution is -0.585. The molecule has 0 fully saturated rings. The van der Waals surface area contributed by atoms with Crippen LogP contribution in [0.4, 0.5) is 0 Å². The zero-order valence-electron chi connectivity index (χ0n) is 6.79. The van der Waals surface area contributed by atoms with E-state index in [1.165, 1.54) is 0 Å². The number of carbonyl (C=O) groups is 1. The van der Waals surface area contributed by atoms with Crippen molar-refractivity contribution in [3.63, 3.8) is 0 Å². The van der Waals surface area contributed by atoms with Gasteiger partial charge < -0.3 is 0 Å². The number of amides is 1. The van der Waals surface area contributed by atoms with Crippen LogP contribution in [0.2, 0.25) is 0 Å². The fraction of sp³-hybridized carbons (Fsp3) is 0.333. The Morgan fingerprint density at radius 1 is 1.73 bits per heavy atom. The first kappa shape index (κ1) is 8.21. The van der Waals surface area contributed by atoms with Crippen LogP contribution in [0.25, 0.3) is 0 Å². The number of hydrogen-bond donors (Lipinski definition) is 1. The molecule has 1 amide bonds. The van der Waals surface area contributed by atoms with Gasteiger partial charge in [-0.15, -0.1) is 0 Å². The summed E-state index contributed by atoms with van der Waals surface area (Å²) in [5, 5.41) is 1.66. The molecule has 0 saturated heterocycles. The third-order valence-corrected chi connectivity index (χ3v) is 1.47. The van der Waals surface area contributed by atoms with E-state index in [1.807, 2.05) is 25.2 Å². The number of carbonyl (C=O) groups excluding carboxylic acids is 1. The second-order valence-electron chi connectivity index (χ2n) is 2.68. The topological polar surface area (TPSA) is 33.7 Å². The molecule has 0 bridgehead atoms. The van der Waals surface area contributed by atoms with Crippen molar-refractivity contribution in [2.45, 2.75) is 19.9 Å². The normalized spacial score (nSPS) is 23.1. The molecule has 0 aromatic heterocycles. The SMILES string of the molecule is CC(=O)[NH2+]C1[C]C(C)=CC=C1. The fourth-order valence-electron chi connectivity index (χ4n) is 1.03. The molecule has 1 aliphatic rings. The van der Waals surface area contributed by atoms with Gasteiger partial charge in [-0.05, 0) is 13.0 Å². The van der Waals surface area contributed by atoms with E-state index in [0.717, 1.165) is 5.57 Å². The highest BCUT2D eigenvalue weighted by Gasteiger charge is 2.14. The quantitative estimate of drug-likeness (QED) is 0.563. The molecule has 0 aromatic rings. The van der Waals surface area contributed by atoms with Crippen molar-refractivity contribution in [1.82, 2.24) is 0 Å². The van der Waals surface area contributed by atoms with E-state index < -0.39 is 0 Å². The van der Waals surface area contributed by atoms with Crippen LogP contribution in [0.15, 0.2) is 23.8 Å². The Labute approximate surface area is 67.0 Å². The Kier molecular flexibility index (Phi) is 2.60. The van der Waals surface area contributed by atoms with Crippen molar-refractivity contribution in [2.24, 2.45) is 0 Å². The summed E-state index contributed by atoms with van der Waals surface area (Å²) in [6.45, 7) is 3.54. The van der Waals surface area contributed by atoms with Gasteiger partial charge in [-0.2, -0.15) is 0 Å². The van der Waals surface area contributed by atoms with E-state index in [0.29, 0.717) is 0 Å². The first-order valence-electron chi connectivity index (χ1n) is 3.65. The van der Waals surface area contributed by atoms with Gasteiger partial charge in [-0.25, -0.2) is 4.79 Å². The van der Waals surface area contributed by atoms with Gasteiger partial charge in [0.2, 0.25) is 0 Å². The Morgan fingerprint density at radius 2 is 2.45 bits per heavy atom. The van der Waals surface area contributed by atoms with Crippen LogP contribution in [0.3, 0.4) is 0 Å². The molecule has 0 spiro atoms. The third kappa shape index (κ3) is 2.68. The fourth-order valence-corrected chi connectivity index (χ4v) is 1.03. The molecule has 58 valence electrons. The highest BCUT2D eigenvalue weighted by atomic mass is 16.1. The van der Waals surface area contributed by atoms with Gasteiger partial charge in [0.25, 0.3) is 0 Å². The number of nitrogens with two attached hydrogens (primary N) is 1. The molecule has 2 heteroatoms.